The second kappa shape index (κ2) is 16.2. The predicted octanol–water partition coefficient (Wildman–Crippen LogP) is 7.80. The van der Waals surface area contributed by atoms with E-state index in [9.17, 15) is 4.79 Å². The van der Waals surface area contributed by atoms with Crippen molar-refractivity contribution in [1.82, 2.24) is 9.80 Å². The maximum absolute atomic E-state index is 10.2. The monoisotopic (exact) mass is 720 g/mol. The topological polar surface area (TPSA) is 32.8 Å². The first-order valence-corrected chi connectivity index (χ1v) is 14.9. The van der Waals surface area contributed by atoms with Gasteiger partial charge < -0.3 is 9.64 Å². The zero-order valence-electron chi connectivity index (χ0n) is 21.8. The van der Waals surface area contributed by atoms with E-state index < -0.39 is 0 Å². The van der Waals surface area contributed by atoms with Crippen molar-refractivity contribution in [2.75, 3.05) is 33.2 Å². The summed E-state index contributed by atoms with van der Waals surface area (Å²) in [5.41, 5.74) is 4.16. The summed E-state index contributed by atoms with van der Waals surface area (Å²) in [5, 5.41) is 0. The molecule has 0 radical (unpaired) electrons. The summed E-state index contributed by atoms with van der Waals surface area (Å²) in [6.07, 6.45) is 2.79. The highest BCUT2D eigenvalue weighted by Crippen LogP contribution is 2.43. The van der Waals surface area contributed by atoms with Crippen LogP contribution in [0.5, 0.6) is 0 Å². The summed E-state index contributed by atoms with van der Waals surface area (Å²) in [4.78, 5) is 14.3. The number of nitrogens with zero attached hydrogens (tertiary/aromatic N) is 2. The van der Waals surface area contributed by atoms with E-state index in [0.29, 0.717) is 18.9 Å². The van der Waals surface area contributed by atoms with E-state index >= 15 is 0 Å². The third kappa shape index (κ3) is 9.26. The Labute approximate surface area is 242 Å². The quantitative estimate of drug-likeness (QED) is 0.297. The minimum atomic E-state index is 0.0186. The highest BCUT2D eigenvalue weighted by atomic mass is 127. The first kappa shape index (κ1) is 32.3. The standard InChI is InChI=1S/C11H12BrNO.C8H8BrI.C5H7NO.2C2H6/c1-13-6-11(7-13)10-3-2-9(12)4-8(10)5-14-11;1-2-6-5-7(9)3-4-8(6)10;1-2-6-3-5(7)4-6;2*1-2/h2-4H,5-7H2,1H3;3-5H,2H2,1H3;2H,1,3-4H2;2*1-2H3. The zero-order valence-corrected chi connectivity index (χ0v) is 27.2. The number of likely N-dealkylation sites (N-methyl/N-ethyl adjacent to an activating group) is 1. The maximum Gasteiger partial charge on any atom is 0.171 e. The lowest BCUT2D eigenvalue weighted by molar-refractivity contribution is -0.132. The number of carbonyl (C=O) groups excluding carboxylic acids is 1. The molecule has 2 aromatic rings. The number of halogens is 3. The minimum Gasteiger partial charge on any atom is -0.363 e. The van der Waals surface area contributed by atoms with Gasteiger partial charge in [-0.25, -0.2) is 0 Å². The fourth-order valence-corrected chi connectivity index (χ4v) is 5.39. The van der Waals surface area contributed by atoms with Crippen LogP contribution in [0.1, 0.15) is 51.3 Å². The van der Waals surface area contributed by atoms with E-state index in [2.05, 4.69) is 116 Å². The molecule has 0 aliphatic carbocycles. The molecule has 3 heterocycles. The van der Waals surface area contributed by atoms with Crippen LogP contribution in [-0.2, 0) is 28.2 Å². The smallest absolute Gasteiger partial charge is 0.171 e. The average Bonchev–Trinajstić information content (AvgIpc) is 3.20. The molecular weight excluding hydrogens is 683 g/mol. The third-order valence-electron chi connectivity index (χ3n) is 5.52. The first-order chi connectivity index (χ1) is 16.8. The Morgan fingerprint density at radius 3 is 2.09 bits per heavy atom. The largest absolute Gasteiger partial charge is 0.363 e. The molecule has 0 atom stereocenters. The molecule has 0 aromatic heterocycles. The molecule has 0 bridgehead atoms. The van der Waals surface area contributed by atoms with Crippen LogP contribution in [0.3, 0.4) is 0 Å². The van der Waals surface area contributed by atoms with Crippen molar-refractivity contribution < 1.29 is 9.53 Å². The van der Waals surface area contributed by atoms with Gasteiger partial charge in [-0.05, 0) is 89.3 Å². The van der Waals surface area contributed by atoms with E-state index in [1.807, 2.05) is 32.6 Å². The number of aryl methyl sites for hydroxylation is 1. The Morgan fingerprint density at radius 1 is 1.06 bits per heavy atom. The minimum absolute atomic E-state index is 0.0186. The lowest BCUT2D eigenvalue weighted by Gasteiger charge is -2.45. The molecule has 0 N–H and O–H groups in total. The third-order valence-corrected chi connectivity index (χ3v) is 7.56. The number of hydrogen-bond donors (Lipinski definition) is 0. The second-order valence-electron chi connectivity index (χ2n) is 7.97. The molecule has 35 heavy (non-hydrogen) atoms. The molecule has 2 aromatic carbocycles. The number of carbonyl (C=O) groups is 1. The normalized spacial score (nSPS) is 16.4. The fraction of sp³-hybridized carbons (Fsp3) is 0.464. The van der Waals surface area contributed by atoms with E-state index in [4.69, 9.17) is 4.74 Å². The molecule has 2 saturated heterocycles. The van der Waals surface area contributed by atoms with Crippen LogP contribution in [-0.4, -0.2) is 48.8 Å². The molecule has 2 fully saturated rings. The molecule has 4 nitrogen and oxygen atoms in total. The number of benzene rings is 2. The molecule has 0 unspecified atom stereocenters. The lowest BCUT2D eigenvalue weighted by atomic mass is 9.86. The molecule has 194 valence electrons. The van der Waals surface area contributed by atoms with Gasteiger partial charge in [0.05, 0.1) is 19.7 Å². The molecule has 0 saturated carbocycles. The number of fused-ring (bicyclic) bond motifs is 2. The van der Waals surface area contributed by atoms with Gasteiger partial charge in [-0.1, -0.05) is 79.1 Å². The molecule has 7 heteroatoms. The van der Waals surface area contributed by atoms with Crippen LogP contribution in [0.2, 0.25) is 0 Å². The highest BCUT2D eigenvalue weighted by Gasteiger charge is 2.48. The molecule has 5 rings (SSSR count). The Bertz CT molecular complexity index is 954. The Morgan fingerprint density at radius 2 is 1.63 bits per heavy atom. The zero-order chi connectivity index (χ0) is 26.6. The van der Waals surface area contributed by atoms with Gasteiger partial charge in [0.2, 0.25) is 0 Å². The van der Waals surface area contributed by atoms with Crippen molar-refractivity contribution in [3.63, 3.8) is 0 Å². The van der Waals surface area contributed by atoms with Crippen LogP contribution in [0.15, 0.2) is 58.1 Å². The molecular formula is C28H39Br2IN2O2. The average molecular weight is 722 g/mol. The van der Waals surface area contributed by atoms with Crippen LogP contribution >= 0.6 is 54.5 Å². The van der Waals surface area contributed by atoms with Gasteiger partial charge in [0.1, 0.15) is 5.60 Å². The van der Waals surface area contributed by atoms with Crippen molar-refractivity contribution in [3.8, 4) is 0 Å². The molecule has 3 aliphatic rings. The highest BCUT2D eigenvalue weighted by molar-refractivity contribution is 14.1. The molecule has 0 amide bonds. The summed E-state index contributed by atoms with van der Waals surface area (Å²) in [6.45, 7) is 17.6. The molecule has 3 aliphatic heterocycles. The SMILES string of the molecule is C=CN1CC(=O)C1.CC.CC.CCc1cc(Br)ccc1I.CN1CC2(C1)OCc1cc(Br)ccc12. The van der Waals surface area contributed by atoms with Crippen LogP contribution in [0, 0.1) is 3.57 Å². The first-order valence-electron chi connectivity index (χ1n) is 12.2. The van der Waals surface area contributed by atoms with Gasteiger partial charge in [-0.15, -0.1) is 0 Å². The predicted molar refractivity (Wildman–Crippen MR) is 164 cm³/mol. The van der Waals surface area contributed by atoms with E-state index in [0.717, 1.165) is 30.6 Å². The van der Waals surface area contributed by atoms with Crippen LogP contribution < -0.4 is 0 Å². The maximum atomic E-state index is 10.2. The van der Waals surface area contributed by atoms with Crippen molar-refractivity contribution in [2.24, 2.45) is 0 Å². The number of hydrogen-bond acceptors (Lipinski definition) is 4. The fourth-order valence-electron chi connectivity index (χ4n) is 3.86. The number of Topliss-reactive ketones (excluding diaryl/α,β-unsaturated/α-hetero) is 1. The van der Waals surface area contributed by atoms with Gasteiger partial charge in [0.15, 0.2) is 5.78 Å². The Hall–Kier alpha value is -0.740. The summed E-state index contributed by atoms with van der Waals surface area (Å²) < 4.78 is 9.57. The van der Waals surface area contributed by atoms with Crippen LogP contribution in [0.4, 0.5) is 0 Å². The van der Waals surface area contributed by atoms with E-state index in [1.54, 1.807) is 6.20 Å². The van der Waals surface area contributed by atoms with Gasteiger partial charge in [-0.3, -0.25) is 9.69 Å². The van der Waals surface area contributed by atoms with Crippen molar-refractivity contribution in [3.05, 3.63) is 78.4 Å². The van der Waals surface area contributed by atoms with Gasteiger partial charge in [0.25, 0.3) is 0 Å². The Balaban J connectivity index is 0.000000258. The summed E-state index contributed by atoms with van der Waals surface area (Å²) in [6, 6.07) is 12.8. The van der Waals surface area contributed by atoms with Gasteiger partial charge in [0, 0.05) is 25.6 Å². The van der Waals surface area contributed by atoms with Gasteiger partial charge >= 0.3 is 0 Å². The van der Waals surface area contributed by atoms with Crippen molar-refractivity contribution in [2.45, 2.75) is 53.2 Å². The number of likely N-dealkylation sites (tertiary alicyclic amines) is 2. The Kier molecular flexibility index (Phi) is 14.9. The lowest BCUT2D eigenvalue weighted by Crippen LogP contribution is -2.57. The summed E-state index contributed by atoms with van der Waals surface area (Å²) in [5.74, 6) is 0.305. The summed E-state index contributed by atoms with van der Waals surface area (Å²) in [7, 11) is 2.13. The van der Waals surface area contributed by atoms with Crippen molar-refractivity contribution in [1.29, 1.82) is 0 Å². The molecule has 1 spiro atoms. The second-order valence-corrected chi connectivity index (χ2v) is 11.0. The summed E-state index contributed by atoms with van der Waals surface area (Å²) >= 11 is 9.28. The van der Waals surface area contributed by atoms with E-state index in [-0.39, 0.29) is 5.60 Å². The van der Waals surface area contributed by atoms with E-state index in [1.165, 1.54) is 24.7 Å². The van der Waals surface area contributed by atoms with Crippen LogP contribution in [0.25, 0.3) is 0 Å². The number of ether oxygens (including phenoxy) is 1. The number of rotatable bonds is 2. The number of ketones is 1. The van der Waals surface area contributed by atoms with Crippen molar-refractivity contribution >= 4 is 60.2 Å². The van der Waals surface area contributed by atoms with Gasteiger partial charge in [-0.2, -0.15) is 0 Å².